The standard InChI is InChI=1S/C14H12BrNOS/c1-18-13-4-2-10(3-5-13)6-14(17)11-7-12(15)9-16-8-11/h2-5,7-9H,6H2,1H3. The highest BCUT2D eigenvalue weighted by Gasteiger charge is 2.07. The van der Waals surface area contributed by atoms with E-state index in [1.807, 2.05) is 30.5 Å². The third-order valence-electron chi connectivity index (χ3n) is 2.55. The van der Waals surface area contributed by atoms with Gasteiger partial charge in [-0.3, -0.25) is 9.78 Å². The molecule has 18 heavy (non-hydrogen) atoms. The van der Waals surface area contributed by atoms with Crippen molar-refractivity contribution in [2.75, 3.05) is 6.26 Å². The number of rotatable bonds is 4. The molecule has 2 rings (SSSR count). The van der Waals surface area contributed by atoms with Crippen molar-refractivity contribution >= 4 is 33.5 Å². The Labute approximate surface area is 119 Å². The van der Waals surface area contributed by atoms with E-state index in [1.54, 1.807) is 30.2 Å². The summed E-state index contributed by atoms with van der Waals surface area (Å²) in [4.78, 5) is 17.3. The molecule has 0 saturated carbocycles. The second-order valence-electron chi connectivity index (χ2n) is 3.84. The lowest BCUT2D eigenvalue weighted by Gasteiger charge is -2.03. The second kappa shape index (κ2) is 6.16. The molecular weight excluding hydrogens is 310 g/mol. The largest absolute Gasteiger partial charge is 0.294 e. The molecule has 92 valence electrons. The van der Waals surface area contributed by atoms with E-state index in [4.69, 9.17) is 0 Å². The van der Waals surface area contributed by atoms with Gasteiger partial charge < -0.3 is 0 Å². The molecule has 0 saturated heterocycles. The van der Waals surface area contributed by atoms with Gasteiger partial charge in [-0.2, -0.15) is 0 Å². The van der Waals surface area contributed by atoms with Crippen LogP contribution in [0.1, 0.15) is 15.9 Å². The molecule has 0 N–H and O–H groups in total. The van der Waals surface area contributed by atoms with Crippen LogP contribution in [0.4, 0.5) is 0 Å². The number of carbonyl (C=O) groups excluding carboxylic acids is 1. The molecule has 0 aliphatic carbocycles. The Morgan fingerprint density at radius 1 is 1.28 bits per heavy atom. The van der Waals surface area contributed by atoms with Crippen LogP contribution < -0.4 is 0 Å². The van der Waals surface area contributed by atoms with E-state index in [9.17, 15) is 4.79 Å². The molecule has 0 aliphatic heterocycles. The fourth-order valence-electron chi connectivity index (χ4n) is 1.60. The normalized spacial score (nSPS) is 10.3. The Morgan fingerprint density at radius 2 is 2.00 bits per heavy atom. The van der Waals surface area contributed by atoms with Gasteiger partial charge in [-0.1, -0.05) is 12.1 Å². The molecular formula is C14H12BrNOS. The monoisotopic (exact) mass is 321 g/mol. The minimum Gasteiger partial charge on any atom is -0.294 e. The van der Waals surface area contributed by atoms with E-state index in [-0.39, 0.29) is 5.78 Å². The quantitative estimate of drug-likeness (QED) is 0.630. The van der Waals surface area contributed by atoms with E-state index in [0.717, 1.165) is 10.0 Å². The molecule has 2 nitrogen and oxygen atoms in total. The molecule has 1 aromatic carbocycles. The van der Waals surface area contributed by atoms with Gasteiger partial charge in [0, 0.05) is 33.7 Å². The number of aromatic nitrogens is 1. The lowest BCUT2D eigenvalue weighted by molar-refractivity contribution is 0.0992. The topological polar surface area (TPSA) is 30.0 Å². The summed E-state index contributed by atoms with van der Waals surface area (Å²) in [6.07, 6.45) is 5.72. The van der Waals surface area contributed by atoms with Gasteiger partial charge >= 0.3 is 0 Å². The zero-order valence-corrected chi connectivity index (χ0v) is 12.3. The molecule has 1 heterocycles. The van der Waals surface area contributed by atoms with Crippen LogP contribution >= 0.6 is 27.7 Å². The van der Waals surface area contributed by atoms with Crippen LogP contribution in [0.25, 0.3) is 0 Å². The van der Waals surface area contributed by atoms with Crippen LogP contribution in [-0.2, 0) is 6.42 Å². The predicted octanol–water partition coefficient (Wildman–Crippen LogP) is 3.99. The maximum Gasteiger partial charge on any atom is 0.168 e. The summed E-state index contributed by atoms with van der Waals surface area (Å²) in [5.41, 5.74) is 1.66. The van der Waals surface area contributed by atoms with E-state index in [0.29, 0.717) is 12.0 Å². The first-order valence-electron chi connectivity index (χ1n) is 5.46. The Hall–Kier alpha value is -1.13. The van der Waals surface area contributed by atoms with E-state index >= 15 is 0 Å². The Bertz CT molecular complexity index is 554. The number of nitrogens with zero attached hydrogens (tertiary/aromatic N) is 1. The van der Waals surface area contributed by atoms with Gasteiger partial charge in [0.2, 0.25) is 0 Å². The minimum atomic E-state index is 0.0840. The number of thioether (sulfide) groups is 1. The summed E-state index contributed by atoms with van der Waals surface area (Å²) in [5.74, 6) is 0.0840. The summed E-state index contributed by atoms with van der Waals surface area (Å²) in [6.45, 7) is 0. The molecule has 0 bridgehead atoms. The molecule has 0 atom stereocenters. The number of pyridine rings is 1. The number of hydrogen-bond acceptors (Lipinski definition) is 3. The van der Waals surface area contributed by atoms with Crippen LogP contribution in [0.15, 0.2) is 52.1 Å². The van der Waals surface area contributed by atoms with E-state index in [1.165, 1.54) is 4.90 Å². The summed E-state index contributed by atoms with van der Waals surface area (Å²) >= 11 is 5.01. The zero-order valence-electron chi connectivity index (χ0n) is 9.89. The average Bonchev–Trinajstić information content (AvgIpc) is 2.39. The van der Waals surface area contributed by atoms with Crippen molar-refractivity contribution < 1.29 is 4.79 Å². The summed E-state index contributed by atoms with van der Waals surface area (Å²) in [6, 6.07) is 9.86. The van der Waals surface area contributed by atoms with Gasteiger partial charge in [0.25, 0.3) is 0 Å². The molecule has 0 aliphatic rings. The van der Waals surface area contributed by atoms with Crippen LogP contribution in [0, 0.1) is 0 Å². The van der Waals surface area contributed by atoms with Crippen LogP contribution in [0.5, 0.6) is 0 Å². The van der Waals surface area contributed by atoms with E-state index in [2.05, 4.69) is 20.9 Å². The van der Waals surface area contributed by atoms with Gasteiger partial charge in [-0.25, -0.2) is 0 Å². The molecule has 0 fully saturated rings. The first kappa shape index (κ1) is 13.3. The third-order valence-corrected chi connectivity index (χ3v) is 3.73. The van der Waals surface area contributed by atoms with Crippen molar-refractivity contribution in [1.29, 1.82) is 0 Å². The number of halogens is 1. The SMILES string of the molecule is CSc1ccc(CC(=O)c2cncc(Br)c2)cc1. The maximum absolute atomic E-state index is 12.1. The van der Waals surface area contributed by atoms with Gasteiger partial charge in [-0.05, 0) is 45.9 Å². The second-order valence-corrected chi connectivity index (χ2v) is 5.64. The van der Waals surface area contributed by atoms with Crippen LogP contribution in [0.2, 0.25) is 0 Å². The Balaban J connectivity index is 2.11. The Kier molecular flexibility index (Phi) is 4.55. The van der Waals surface area contributed by atoms with Crippen molar-refractivity contribution in [2.45, 2.75) is 11.3 Å². The van der Waals surface area contributed by atoms with Gasteiger partial charge in [-0.15, -0.1) is 11.8 Å². The summed E-state index contributed by atoms with van der Waals surface area (Å²) in [7, 11) is 0. The highest BCUT2D eigenvalue weighted by atomic mass is 79.9. The van der Waals surface area contributed by atoms with Gasteiger partial charge in [0.05, 0.1) is 0 Å². The first-order valence-corrected chi connectivity index (χ1v) is 7.47. The Morgan fingerprint density at radius 3 is 2.61 bits per heavy atom. The average molecular weight is 322 g/mol. The number of ketones is 1. The molecule has 1 aromatic heterocycles. The predicted molar refractivity (Wildman–Crippen MR) is 78.2 cm³/mol. The maximum atomic E-state index is 12.1. The molecule has 2 aromatic rings. The number of carbonyl (C=O) groups is 1. The van der Waals surface area contributed by atoms with Crippen LogP contribution in [0.3, 0.4) is 0 Å². The number of Topliss-reactive ketones (excluding diaryl/α,β-unsaturated/α-hetero) is 1. The number of benzene rings is 1. The lowest BCUT2D eigenvalue weighted by atomic mass is 10.0. The van der Waals surface area contributed by atoms with E-state index < -0.39 is 0 Å². The molecule has 0 spiro atoms. The van der Waals surface area contributed by atoms with Crippen LogP contribution in [-0.4, -0.2) is 17.0 Å². The highest BCUT2D eigenvalue weighted by Crippen LogP contribution is 2.17. The summed E-state index contributed by atoms with van der Waals surface area (Å²) in [5, 5.41) is 0. The smallest absolute Gasteiger partial charge is 0.168 e. The fourth-order valence-corrected chi connectivity index (χ4v) is 2.37. The first-order chi connectivity index (χ1) is 8.69. The minimum absolute atomic E-state index is 0.0840. The van der Waals surface area contributed by atoms with Gasteiger partial charge in [0.1, 0.15) is 0 Å². The van der Waals surface area contributed by atoms with Crippen molar-refractivity contribution in [3.05, 3.63) is 58.3 Å². The number of hydrogen-bond donors (Lipinski definition) is 0. The van der Waals surface area contributed by atoms with Crippen molar-refractivity contribution in [3.8, 4) is 0 Å². The molecule has 0 amide bonds. The molecule has 0 radical (unpaired) electrons. The third kappa shape index (κ3) is 3.43. The lowest BCUT2D eigenvalue weighted by Crippen LogP contribution is -2.03. The fraction of sp³-hybridized carbons (Fsp3) is 0.143. The van der Waals surface area contributed by atoms with Crippen molar-refractivity contribution in [2.24, 2.45) is 0 Å². The molecule has 4 heteroatoms. The van der Waals surface area contributed by atoms with Crippen molar-refractivity contribution in [3.63, 3.8) is 0 Å². The molecule has 0 unspecified atom stereocenters. The zero-order chi connectivity index (χ0) is 13.0. The highest BCUT2D eigenvalue weighted by molar-refractivity contribution is 9.10. The van der Waals surface area contributed by atoms with Crippen molar-refractivity contribution in [1.82, 2.24) is 4.98 Å². The summed E-state index contributed by atoms with van der Waals surface area (Å²) < 4.78 is 0.825. The van der Waals surface area contributed by atoms with Gasteiger partial charge in [0.15, 0.2) is 5.78 Å².